The molecule has 0 unspecified atom stereocenters. The SMILES string of the molecule is CNCCN(C)c1nc2c(cc1C(N)=O)CCCC2. The van der Waals surface area contributed by atoms with Crippen LogP contribution in [0.4, 0.5) is 5.82 Å². The first-order valence-electron chi connectivity index (χ1n) is 6.82. The van der Waals surface area contributed by atoms with E-state index >= 15 is 0 Å². The van der Waals surface area contributed by atoms with E-state index in [0.717, 1.165) is 31.6 Å². The van der Waals surface area contributed by atoms with Crippen molar-refractivity contribution in [3.63, 3.8) is 0 Å². The van der Waals surface area contributed by atoms with Gasteiger partial charge in [-0.3, -0.25) is 4.79 Å². The number of hydrogen-bond donors (Lipinski definition) is 2. The highest BCUT2D eigenvalue weighted by atomic mass is 16.1. The predicted molar refractivity (Wildman–Crippen MR) is 76.6 cm³/mol. The fraction of sp³-hybridized carbons (Fsp3) is 0.571. The van der Waals surface area contributed by atoms with Gasteiger partial charge in [-0.1, -0.05) is 0 Å². The topological polar surface area (TPSA) is 71.2 Å². The average Bonchev–Trinajstić information content (AvgIpc) is 2.43. The van der Waals surface area contributed by atoms with E-state index in [1.54, 1.807) is 0 Å². The normalized spacial score (nSPS) is 14.0. The molecule has 1 aromatic heterocycles. The van der Waals surface area contributed by atoms with Gasteiger partial charge in [0.2, 0.25) is 0 Å². The fourth-order valence-electron chi connectivity index (χ4n) is 2.48. The van der Waals surface area contributed by atoms with Crippen LogP contribution in [0.25, 0.3) is 0 Å². The molecule has 0 atom stereocenters. The third-order valence-electron chi connectivity index (χ3n) is 3.60. The summed E-state index contributed by atoms with van der Waals surface area (Å²) in [6.45, 7) is 1.63. The van der Waals surface area contributed by atoms with Gasteiger partial charge in [0.25, 0.3) is 5.91 Å². The smallest absolute Gasteiger partial charge is 0.252 e. The Morgan fingerprint density at radius 2 is 2.21 bits per heavy atom. The number of fused-ring (bicyclic) bond motifs is 1. The molecule has 1 heterocycles. The van der Waals surface area contributed by atoms with Crippen LogP contribution in [-0.4, -0.2) is 38.1 Å². The van der Waals surface area contributed by atoms with Crippen LogP contribution in [0.2, 0.25) is 0 Å². The van der Waals surface area contributed by atoms with Crippen LogP contribution < -0.4 is 16.0 Å². The van der Waals surface area contributed by atoms with Gasteiger partial charge >= 0.3 is 0 Å². The molecule has 0 saturated heterocycles. The molecular formula is C14H22N4O. The highest BCUT2D eigenvalue weighted by Gasteiger charge is 2.19. The minimum atomic E-state index is -0.396. The van der Waals surface area contributed by atoms with E-state index in [4.69, 9.17) is 5.73 Å². The van der Waals surface area contributed by atoms with E-state index in [-0.39, 0.29) is 0 Å². The van der Waals surface area contributed by atoms with Crippen LogP contribution >= 0.6 is 0 Å². The van der Waals surface area contributed by atoms with Gasteiger partial charge in [0.1, 0.15) is 5.82 Å². The van der Waals surface area contributed by atoms with Crippen molar-refractivity contribution in [1.82, 2.24) is 10.3 Å². The second kappa shape index (κ2) is 6.02. The monoisotopic (exact) mass is 262 g/mol. The molecule has 2 rings (SSSR count). The van der Waals surface area contributed by atoms with Gasteiger partial charge in [0, 0.05) is 25.8 Å². The van der Waals surface area contributed by atoms with Crippen molar-refractivity contribution in [2.75, 3.05) is 32.1 Å². The number of carbonyl (C=O) groups is 1. The van der Waals surface area contributed by atoms with E-state index in [0.29, 0.717) is 11.4 Å². The van der Waals surface area contributed by atoms with Crippen molar-refractivity contribution in [3.8, 4) is 0 Å². The average molecular weight is 262 g/mol. The number of likely N-dealkylation sites (N-methyl/N-ethyl adjacent to an activating group) is 2. The molecule has 104 valence electrons. The predicted octanol–water partition coefficient (Wildman–Crippen LogP) is 0.715. The van der Waals surface area contributed by atoms with E-state index in [2.05, 4.69) is 10.3 Å². The van der Waals surface area contributed by atoms with E-state index < -0.39 is 5.91 Å². The number of anilines is 1. The number of primary amides is 1. The van der Waals surface area contributed by atoms with Gasteiger partial charge < -0.3 is 16.0 Å². The number of rotatable bonds is 5. The first kappa shape index (κ1) is 13.8. The zero-order valence-corrected chi connectivity index (χ0v) is 11.7. The maximum Gasteiger partial charge on any atom is 0.252 e. The number of carbonyl (C=O) groups excluding carboxylic acids is 1. The number of amides is 1. The van der Waals surface area contributed by atoms with Crippen LogP contribution in [0.15, 0.2) is 6.07 Å². The second-order valence-electron chi connectivity index (χ2n) is 5.06. The zero-order valence-electron chi connectivity index (χ0n) is 11.7. The Morgan fingerprint density at radius 1 is 1.47 bits per heavy atom. The highest BCUT2D eigenvalue weighted by Crippen LogP contribution is 2.26. The van der Waals surface area contributed by atoms with E-state index in [1.165, 1.54) is 18.4 Å². The first-order valence-corrected chi connectivity index (χ1v) is 6.82. The Bertz CT molecular complexity index is 473. The Labute approximate surface area is 114 Å². The van der Waals surface area contributed by atoms with E-state index in [9.17, 15) is 4.79 Å². The maximum atomic E-state index is 11.6. The molecule has 5 heteroatoms. The molecule has 0 spiro atoms. The number of pyridine rings is 1. The van der Waals surface area contributed by atoms with Crippen LogP contribution in [0.1, 0.15) is 34.5 Å². The molecule has 19 heavy (non-hydrogen) atoms. The first-order chi connectivity index (χ1) is 9.13. The fourth-order valence-corrected chi connectivity index (χ4v) is 2.48. The number of aryl methyl sites for hydroxylation is 2. The largest absolute Gasteiger partial charge is 0.365 e. The van der Waals surface area contributed by atoms with Crippen LogP contribution in [-0.2, 0) is 12.8 Å². The Hall–Kier alpha value is -1.62. The molecule has 0 fully saturated rings. The van der Waals surface area contributed by atoms with Crippen molar-refractivity contribution in [3.05, 3.63) is 22.9 Å². The number of nitrogens with one attached hydrogen (secondary N) is 1. The van der Waals surface area contributed by atoms with Gasteiger partial charge in [0.15, 0.2) is 0 Å². The van der Waals surface area contributed by atoms with Gasteiger partial charge in [-0.2, -0.15) is 0 Å². The summed E-state index contributed by atoms with van der Waals surface area (Å²) in [5.74, 6) is 0.315. The zero-order chi connectivity index (χ0) is 13.8. The standard InChI is InChI=1S/C14H22N4O/c1-16-7-8-18(2)14-11(13(15)19)9-10-5-3-4-6-12(10)17-14/h9,16H,3-8H2,1-2H3,(H2,15,19). The molecule has 0 radical (unpaired) electrons. The van der Waals surface area contributed by atoms with E-state index in [1.807, 2.05) is 25.1 Å². The third kappa shape index (κ3) is 3.04. The summed E-state index contributed by atoms with van der Waals surface area (Å²) in [6, 6.07) is 1.94. The minimum Gasteiger partial charge on any atom is -0.365 e. The molecule has 1 amide bonds. The number of hydrogen-bond acceptors (Lipinski definition) is 4. The van der Waals surface area contributed by atoms with Crippen molar-refractivity contribution in [2.24, 2.45) is 5.73 Å². The van der Waals surface area contributed by atoms with Crippen LogP contribution in [0.5, 0.6) is 0 Å². The molecular weight excluding hydrogens is 240 g/mol. The van der Waals surface area contributed by atoms with Crippen LogP contribution in [0.3, 0.4) is 0 Å². The Balaban J connectivity index is 2.36. The molecule has 1 aromatic rings. The van der Waals surface area contributed by atoms with Gasteiger partial charge in [-0.15, -0.1) is 0 Å². The molecule has 0 saturated carbocycles. The minimum absolute atomic E-state index is 0.396. The number of nitrogens with zero attached hydrogens (tertiary/aromatic N) is 2. The Morgan fingerprint density at radius 3 is 2.89 bits per heavy atom. The summed E-state index contributed by atoms with van der Waals surface area (Å²) in [5.41, 5.74) is 8.35. The summed E-state index contributed by atoms with van der Waals surface area (Å²) in [5, 5.41) is 3.09. The van der Waals surface area contributed by atoms with Crippen LogP contribution in [0, 0.1) is 0 Å². The lowest BCUT2D eigenvalue weighted by molar-refractivity contribution is 0.100. The van der Waals surface area contributed by atoms with Crippen molar-refractivity contribution in [2.45, 2.75) is 25.7 Å². The molecule has 0 aliphatic heterocycles. The summed E-state index contributed by atoms with van der Waals surface area (Å²) < 4.78 is 0. The summed E-state index contributed by atoms with van der Waals surface area (Å²) in [6.07, 6.45) is 4.35. The Kier molecular flexibility index (Phi) is 4.37. The molecule has 0 aromatic carbocycles. The van der Waals surface area contributed by atoms with Crippen molar-refractivity contribution in [1.29, 1.82) is 0 Å². The number of nitrogens with two attached hydrogens (primary N) is 1. The van der Waals surface area contributed by atoms with Crippen molar-refractivity contribution >= 4 is 11.7 Å². The highest BCUT2D eigenvalue weighted by molar-refractivity contribution is 5.98. The lowest BCUT2D eigenvalue weighted by Gasteiger charge is -2.24. The molecule has 5 nitrogen and oxygen atoms in total. The quantitative estimate of drug-likeness (QED) is 0.820. The summed E-state index contributed by atoms with van der Waals surface area (Å²) in [7, 11) is 3.85. The van der Waals surface area contributed by atoms with Gasteiger partial charge in [-0.25, -0.2) is 4.98 Å². The molecule has 1 aliphatic rings. The van der Waals surface area contributed by atoms with Gasteiger partial charge in [-0.05, 0) is 44.4 Å². The molecule has 3 N–H and O–H groups in total. The lowest BCUT2D eigenvalue weighted by atomic mass is 9.94. The summed E-state index contributed by atoms with van der Waals surface area (Å²) >= 11 is 0. The number of aromatic nitrogens is 1. The van der Waals surface area contributed by atoms with Crippen molar-refractivity contribution < 1.29 is 4.79 Å². The lowest BCUT2D eigenvalue weighted by Crippen LogP contribution is -2.30. The molecule has 1 aliphatic carbocycles. The second-order valence-corrected chi connectivity index (χ2v) is 5.06. The third-order valence-corrected chi connectivity index (χ3v) is 3.60. The van der Waals surface area contributed by atoms with Gasteiger partial charge in [0.05, 0.1) is 5.56 Å². The maximum absolute atomic E-state index is 11.6. The summed E-state index contributed by atoms with van der Waals surface area (Å²) in [4.78, 5) is 18.3. The molecule has 0 bridgehead atoms.